The summed E-state index contributed by atoms with van der Waals surface area (Å²) in [6, 6.07) is 38.4. The highest BCUT2D eigenvalue weighted by atomic mass is 35.5. The van der Waals surface area contributed by atoms with Crippen molar-refractivity contribution in [3.63, 3.8) is 0 Å². The van der Waals surface area contributed by atoms with E-state index in [1.54, 1.807) is 34.9 Å². The number of benzene rings is 6. The number of nitrogens with zero attached hydrogens (tertiary/aromatic N) is 4. The Morgan fingerprint density at radius 1 is 0.797 bits per heavy atom. The predicted octanol–water partition coefficient (Wildman–Crippen LogP) is 8.90. The Labute approximate surface area is 348 Å². The SMILES string of the molecule is CCCCN(Cc1ccc2ccccc2c1)C(=O)c1nn(-c2ccc(C(=O)NS(=O)(=O)c3ccc4ccccc4c3)cc2C(=O)N2CCc3ccccc3C2)c(C)c1Cl. The van der Waals surface area contributed by atoms with E-state index in [1.807, 2.05) is 72.8 Å². The van der Waals surface area contributed by atoms with E-state index >= 15 is 0 Å². The molecule has 0 aliphatic carbocycles. The minimum absolute atomic E-state index is 0.0367. The molecule has 1 aromatic heterocycles. The molecule has 1 aliphatic rings. The molecule has 0 spiro atoms. The first kappa shape index (κ1) is 39.5. The van der Waals surface area contributed by atoms with Crippen molar-refractivity contribution in [3.05, 3.63) is 172 Å². The fourth-order valence-corrected chi connectivity index (χ4v) is 8.82. The van der Waals surface area contributed by atoms with Crippen molar-refractivity contribution in [3.8, 4) is 5.69 Å². The van der Waals surface area contributed by atoms with Gasteiger partial charge in [0.05, 0.1) is 26.9 Å². The van der Waals surface area contributed by atoms with Gasteiger partial charge >= 0.3 is 0 Å². The lowest BCUT2D eigenvalue weighted by Crippen LogP contribution is -2.37. The second kappa shape index (κ2) is 16.5. The number of nitrogens with one attached hydrogen (secondary N) is 1. The van der Waals surface area contributed by atoms with E-state index in [0.29, 0.717) is 43.7 Å². The summed E-state index contributed by atoms with van der Waals surface area (Å²) in [5.74, 6) is -1.65. The van der Waals surface area contributed by atoms with Crippen LogP contribution in [0.2, 0.25) is 5.02 Å². The van der Waals surface area contributed by atoms with Gasteiger partial charge in [-0.05, 0) is 94.4 Å². The Bertz CT molecular complexity index is 2890. The average Bonchev–Trinajstić information content (AvgIpc) is 3.56. The van der Waals surface area contributed by atoms with Crippen LogP contribution in [0, 0.1) is 6.92 Å². The predicted molar refractivity (Wildman–Crippen MR) is 230 cm³/mol. The summed E-state index contributed by atoms with van der Waals surface area (Å²) in [5, 5.41) is 8.63. The summed E-state index contributed by atoms with van der Waals surface area (Å²) in [5.41, 5.74) is 3.92. The molecule has 3 amide bonds. The maximum Gasteiger partial charge on any atom is 0.276 e. The molecule has 10 nitrogen and oxygen atoms in total. The average molecular weight is 824 g/mol. The van der Waals surface area contributed by atoms with Crippen molar-refractivity contribution in [2.45, 2.75) is 51.1 Å². The Morgan fingerprint density at radius 2 is 1.46 bits per heavy atom. The van der Waals surface area contributed by atoms with Crippen molar-refractivity contribution in [1.82, 2.24) is 24.3 Å². The minimum atomic E-state index is -4.29. The summed E-state index contributed by atoms with van der Waals surface area (Å²) in [4.78, 5) is 46.1. The van der Waals surface area contributed by atoms with Crippen molar-refractivity contribution >= 4 is 60.9 Å². The molecule has 0 radical (unpaired) electrons. The van der Waals surface area contributed by atoms with Gasteiger partial charge in [0.2, 0.25) is 0 Å². The summed E-state index contributed by atoms with van der Waals surface area (Å²) in [6.45, 7) is 5.37. The number of fused-ring (bicyclic) bond motifs is 3. The lowest BCUT2D eigenvalue weighted by molar-refractivity contribution is 0.0729. The van der Waals surface area contributed by atoms with Gasteiger partial charge in [-0.15, -0.1) is 0 Å². The molecule has 1 N–H and O–H groups in total. The van der Waals surface area contributed by atoms with Crippen LogP contribution in [0.3, 0.4) is 0 Å². The molecule has 6 aromatic carbocycles. The molecule has 0 saturated heterocycles. The summed E-state index contributed by atoms with van der Waals surface area (Å²) < 4.78 is 30.6. The normalized spacial score (nSPS) is 12.7. The van der Waals surface area contributed by atoms with Crippen molar-refractivity contribution in [2.75, 3.05) is 13.1 Å². The molecule has 59 heavy (non-hydrogen) atoms. The zero-order chi connectivity index (χ0) is 41.3. The first-order valence-electron chi connectivity index (χ1n) is 19.6. The van der Waals surface area contributed by atoms with E-state index in [2.05, 4.69) is 17.7 Å². The highest BCUT2D eigenvalue weighted by Gasteiger charge is 2.30. The highest BCUT2D eigenvalue weighted by Crippen LogP contribution is 2.30. The lowest BCUT2D eigenvalue weighted by Gasteiger charge is -2.29. The van der Waals surface area contributed by atoms with E-state index in [0.717, 1.165) is 45.7 Å². The molecule has 12 heteroatoms. The van der Waals surface area contributed by atoms with Crippen LogP contribution in [0.1, 0.15) is 73.4 Å². The number of halogens is 1. The lowest BCUT2D eigenvalue weighted by atomic mass is 9.98. The van der Waals surface area contributed by atoms with Crippen LogP contribution < -0.4 is 4.72 Å². The molecule has 0 fully saturated rings. The van der Waals surface area contributed by atoms with E-state index in [-0.39, 0.29) is 44.2 Å². The number of unbranched alkanes of at least 4 members (excludes halogenated alkanes) is 1. The summed E-state index contributed by atoms with van der Waals surface area (Å²) in [6.07, 6.45) is 2.28. The van der Waals surface area contributed by atoms with Crippen molar-refractivity contribution in [1.29, 1.82) is 0 Å². The fourth-order valence-electron chi connectivity index (χ4n) is 7.61. The number of amides is 3. The number of rotatable bonds is 11. The summed E-state index contributed by atoms with van der Waals surface area (Å²) >= 11 is 6.95. The van der Waals surface area contributed by atoms with Gasteiger partial charge in [-0.1, -0.05) is 116 Å². The first-order chi connectivity index (χ1) is 28.5. The van der Waals surface area contributed by atoms with Gasteiger partial charge < -0.3 is 9.80 Å². The van der Waals surface area contributed by atoms with Gasteiger partial charge in [0, 0.05) is 31.7 Å². The van der Waals surface area contributed by atoms with Crippen LogP contribution in [0.25, 0.3) is 27.2 Å². The van der Waals surface area contributed by atoms with E-state index in [4.69, 9.17) is 16.7 Å². The van der Waals surface area contributed by atoms with Gasteiger partial charge in [-0.25, -0.2) is 17.8 Å². The van der Waals surface area contributed by atoms with E-state index < -0.39 is 15.9 Å². The molecule has 0 saturated carbocycles. The van der Waals surface area contributed by atoms with Crippen molar-refractivity contribution < 1.29 is 22.8 Å². The Morgan fingerprint density at radius 3 is 2.19 bits per heavy atom. The molecule has 2 heterocycles. The number of hydrogen-bond donors (Lipinski definition) is 1. The maximum absolute atomic E-state index is 14.6. The molecular weight excluding hydrogens is 782 g/mol. The number of carbonyl (C=O) groups is 3. The molecule has 7 aromatic rings. The molecule has 298 valence electrons. The standard InChI is InChI=1S/C47H42ClN5O5S/c1-3-4-24-51(29-32-17-18-33-11-5-8-14-36(33)26-32)47(56)44-43(48)31(2)53(49-44)42-22-20-38(28-41(42)46(55)52-25-23-35-13-7-10-16-39(35)30-52)45(54)50-59(57,58)40-21-19-34-12-6-9-15-37(34)27-40/h5-22,26-28H,3-4,23-25,29-30H2,1-2H3,(H,50,54). The molecule has 1 aliphatic heterocycles. The topological polar surface area (TPSA) is 122 Å². The third-order valence-electron chi connectivity index (χ3n) is 10.9. The van der Waals surface area contributed by atoms with Gasteiger partial charge in [-0.3, -0.25) is 14.4 Å². The minimum Gasteiger partial charge on any atom is -0.334 e. The van der Waals surface area contributed by atoms with Crippen LogP contribution in [0.15, 0.2) is 132 Å². The largest absolute Gasteiger partial charge is 0.334 e. The quantitative estimate of drug-likeness (QED) is 0.139. The fraction of sp³-hybridized carbons (Fsp3) is 0.191. The second-order valence-electron chi connectivity index (χ2n) is 14.8. The van der Waals surface area contributed by atoms with Gasteiger partial charge in [0.25, 0.3) is 27.7 Å². The van der Waals surface area contributed by atoms with Gasteiger partial charge in [0.15, 0.2) is 5.69 Å². The Balaban J connectivity index is 1.14. The number of hydrogen-bond acceptors (Lipinski definition) is 6. The van der Waals surface area contributed by atoms with E-state index in [1.165, 1.54) is 35.0 Å². The number of aromatic nitrogens is 2. The Kier molecular flexibility index (Phi) is 11.1. The third kappa shape index (κ3) is 8.08. The van der Waals surface area contributed by atoms with Crippen LogP contribution in [-0.2, 0) is 29.5 Å². The highest BCUT2D eigenvalue weighted by molar-refractivity contribution is 7.90. The zero-order valence-electron chi connectivity index (χ0n) is 32.7. The third-order valence-corrected chi connectivity index (χ3v) is 12.7. The molecule has 0 unspecified atom stereocenters. The molecule has 0 atom stereocenters. The van der Waals surface area contributed by atoms with Gasteiger partial charge in [-0.2, -0.15) is 5.10 Å². The smallest absolute Gasteiger partial charge is 0.276 e. The number of sulfonamides is 1. The van der Waals surface area contributed by atoms with Crippen molar-refractivity contribution in [2.24, 2.45) is 0 Å². The van der Waals surface area contributed by atoms with E-state index in [9.17, 15) is 22.8 Å². The molecule has 0 bridgehead atoms. The van der Waals surface area contributed by atoms with Crippen LogP contribution in [-0.4, -0.2) is 58.8 Å². The molecular formula is C47H42ClN5O5S. The van der Waals surface area contributed by atoms with Crippen LogP contribution in [0.5, 0.6) is 0 Å². The first-order valence-corrected chi connectivity index (χ1v) is 21.5. The number of carbonyl (C=O) groups excluding carboxylic acids is 3. The van der Waals surface area contributed by atoms with Crippen LogP contribution >= 0.6 is 11.6 Å². The zero-order valence-corrected chi connectivity index (χ0v) is 34.3. The summed E-state index contributed by atoms with van der Waals surface area (Å²) in [7, 11) is -4.29. The van der Waals surface area contributed by atoms with Crippen LogP contribution in [0.4, 0.5) is 0 Å². The monoisotopic (exact) mass is 823 g/mol. The second-order valence-corrected chi connectivity index (χ2v) is 16.9. The van der Waals surface area contributed by atoms with Gasteiger partial charge in [0.1, 0.15) is 0 Å². The Hall–Kier alpha value is -6.30. The maximum atomic E-state index is 14.6. The molecule has 8 rings (SSSR count).